The lowest BCUT2D eigenvalue weighted by atomic mass is 9.85. The highest BCUT2D eigenvalue weighted by molar-refractivity contribution is 4.71. The minimum Gasteiger partial charge on any atom is -0.390 e. The summed E-state index contributed by atoms with van der Waals surface area (Å²) in [6.07, 6.45) is 2.11. The Balaban J connectivity index is 3.77. The van der Waals surface area contributed by atoms with Gasteiger partial charge in [0.05, 0.1) is 5.60 Å². The summed E-state index contributed by atoms with van der Waals surface area (Å²) in [5.41, 5.74) is -0.497. The summed E-state index contributed by atoms with van der Waals surface area (Å²) >= 11 is 0. The maximum atomic E-state index is 9.53. The van der Waals surface area contributed by atoms with Gasteiger partial charge in [-0.05, 0) is 32.1 Å². The molecule has 0 saturated carbocycles. The van der Waals surface area contributed by atoms with E-state index in [9.17, 15) is 5.11 Å². The minimum absolute atomic E-state index is 0.497. The van der Waals surface area contributed by atoms with Crippen molar-refractivity contribution in [2.45, 2.75) is 53.1 Å². The predicted octanol–water partition coefficient (Wildman–Crippen LogP) is 2.83. The van der Waals surface area contributed by atoms with Crippen molar-refractivity contribution in [1.82, 2.24) is 0 Å². The zero-order chi connectivity index (χ0) is 9.07. The van der Waals surface area contributed by atoms with Gasteiger partial charge in [-0.1, -0.05) is 27.2 Å². The molecule has 0 aliphatic rings. The van der Waals surface area contributed by atoms with Crippen LogP contribution in [0, 0.1) is 11.8 Å². The van der Waals surface area contributed by atoms with Crippen molar-refractivity contribution in [2.75, 3.05) is 0 Å². The van der Waals surface area contributed by atoms with E-state index in [2.05, 4.69) is 20.8 Å². The van der Waals surface area contributed by atoms with Crippen LogP contribution in [0.5, 0.6) is 0 Å². The molecular formula is C10H22O. The molecule has 0 saturated heterocycles. The maximum absolute atomic E-state index is 9.53. The molecule has 1 N–H and O–H groups in total. The topological polar surface area (TPSA) is 20.2 Å². The second-order valence-electron chi connectivity index (χ2n) is 4.38. The number of hydrogen-bond acceptors (Lipinski definition) is 1. The molecule has 0 aromatic carbocycles. The molecule has 0 bridgehead atoms. The highest BCUT2D eigenvalue weighted by Crippen LogP contribution is 2.24. The second kappa shape index (κ2) is 4.10. The first-order valence-electron chi connectivity index (χ1n) is 4.59. The Morgan fingerprint density at radius 3 is 1.91 bits per heavy atom. The van der Waals surface area contributed by atoms with Gasteiger partial charge in [-0.25, -0.2) is 0 Å². The normalized spacial score (nSPS) is 18.0. The fourth-order valence-corrected chi connectivity index (χ4v) is 1.39. The average Bonchev–Trinajstić information content (AvgIpc) is 1.82. The Labute approximate surface area is 70.8 Å². The van der Waals surface area contributed by atoms with Gasteiger partial charge in [0.2, 0.25) is 0 Å². The lowest BCUT2D eigenvalue weighted by Crippen LogP contribution is -2.24. The van der Waals surface area contributed by atoms with E-state index in [1.807, 2.05) is 13.8 Å². The van der Waals surface area contributed by atoms with Crippen LogP contribution in [-0.4, -0.2) is 10.7 Å². The molecule has 0 aliphatic carbocycles. The monoisotopic (exact) mass is 158 g/mol. The van der Waals surface area contributed by atoms with Crippen LogP contribution >= 0.6 is 0 Å². The van der Waals surface area contributed by atoms with E-state index in [1.165, 1.54) is 6.42 Å². The van der Waals surface area contributed by atoms with E-state index in [1.54, 1.807) is 0 Å². The van der Waals surface area contributed by atoms with Gasteiger partial charge >= 0.3 is 0 Å². The first-order valence-corrected chi connectivity index (χ1v) is 4.59. The standard InChI is InChI=1S/C10H22O/c1-6-8(2)9(3)7-10(4,5)11/h8-9,11H,6-7H2,1-5H3. The summed E-state index contributed by atoms with van der Waals surface area (Å²) in [4.78, 5) is 0. The van der Waals surface area contributed by atoms with Crippen LogP contribution < -0.4 is 0 Å². The van der Waals surface area contributed by atoms with E-state index in [0.29, 0.717) is 5.92 Å². The zero-order valence-corrected chi connectivity index (χ0v) is 8.52. The quantitative estimate of drug-likeness (QED) is 0.667. The minimum atomic E-state index is -0.497. The van der Waals surface area contributed by atoms with Gasteiger partial charge in [0.15, 0.2) is 0 Å². The van der Waals surface area contributed by atoms with Crippen molar-refractivity contribution in [2.24, 2.45) is 11.8 Å². The molecule has 1 nitrogen and oxygen atoms in total. The van der Waals surface area contributed by atoms with E-state index in [0.717, 1.165) is 12.3 Å². The Hall–Kier alpha value is -0.0400. The molecule has 0 aromatic rings. The molecule has 0 radical (unpaired) electrons. The summed E-state index contributed by atoms with van der Waals surface area (Å²) in [6, 6.07) is 0. The lowest BCUT2D eigenvalue weighted by molar-refractivity contribution is 0.0460. The van der Waals surface area contributed by atoms with Crippen molar-refractivity contribution < 1.29 is 5.11 Å². The van der Waals surface area contributed by atoms with Gasteiger partial charge in [-0.15, -0.1) is 0 Å². The van der Waals surface area contributed by atoms with Gasteiger partial charge in [0, 0.05) is 0 Å². The van der Waals surface area contributed by atoms with Gasteiger partial charge in [-0.3, -0.25) is 0 Å². The van der Waals surface area contributed by atoms with E-state index < -0.39 is 5.60 Å². The average molecular weight is 158 g/mol. The second-order valence-corrected chi connectivity index (χ2v) is 4.38. The van der Waals surface area contributed by atoms with Crippen LogP contribution in [0.25, 0.3) is 0 Å². The zero-order valence-electron chi connectivity index (χ0n) is 8.52. The third-order valence-electron chi connectivity index (χ3n) is 2.44. The summed E-state index contributed by atoms with van der Waals surface area (Å²) < 4.78 is 0. The first kappa shape index (κ1) is 11.0. The molecule has 0 amide bonds. The molecule has 0 aliphatic heterocycles. The van der Waals surface area contributed by atoms with Gasteiger partial charge < -0.3 is 5.11 Å². The highest BCUT2D eigenvalue weighted by Gasteiger charge is 2.20. The van der Waals surface area contributed by atoms with Crippen molar-refractivity contribution in [3.8, 4) is 0 Å². The SMILES string of the molecule is CCC(C)C(C)CC(C)(C)O. The number of aliphatic hydroxyl groups is 1. The van der Waals surface area contributed by atoms with Crippen LogP contribution in [0.4, 0.5) is 0 Å². The van der Waals surface area contributed by atoms with Crippen LogP contribution in [0.2, 0.25) is 0 Å². The van der Waals surface area contributed by atoms with Crippen molar-refractivity contribution >= 4 is 0 Å². The largest absolute Gasteiger partial charge is 0.390 e. The van der Waals surface area contributed by atoms with E-state index in [4.69, 9.17) is 0 Å². The van der Waals surface area contributed by atoms with Crippen molar-refractivity contribution in [3.63, 3.8) is 0 Å². The molecule has 0 heterocycles. The molecule has 1 heteroatoms. The fraction of sp³-hybridized carbons (Fsp3) is 1.00. The summed E-state index contributed by atoms with van der Waals surface area (Å²) in [5.74, 6) is 1.35. The molecule has 11 heavy (non-hydrogen) atoms. The summed E-state index contributed by atoms with van der Waals surface area (Å²) in [5, 5.41) is 9.53. The van der Waals surface area contributed by atoms with Crippen LogP contribution in [0.1, 0.15) is 47.5 Å². The Bertz CT molecular complexity index is 102. The molecule has 0 spiro atoms. The van der Waals surface area contributed by atoms with Crippen LogP contribution in [0.3, 0.4) is 0 Å². The van der Waals surface area contributed by atoms with Crippen molar-refractivity contribution in [1.29, 1.82) is 0 Å². The van der Waals surface area contributed by atoms with Gasteiger partial charge in [0.1, 0.15) is 0 Å². The lowest BCUT2D eigenvalue weighted by Gasteiger charge is -2.25. The van der Waals surface area contributed by atoms with Gasteiger partial charge in [0.25, 0.3) is 0 Å². The summed E-state index contributed by atoms with van der Waals surface area (Å²) in [7, 11) is 0. The molecular weight excluding hydrogens is 136 g/mol. The molecule has 68 valence electrons. The van der Waals surface area contributed by atoms with E-state index in [-0.39, 0.29) is 0 Å². The van der Waals surface area contributed by atoms with Crippen LogP contribution in [0.15, 0.2) is 0 Å². The molecule has 0 aromatic heterocycles. The molecule has 2 atom stereocenters. The molecule has 2 unspecified atom stereocenters. The smallest absolute Gasteiger partial charge is 0.0594 e. The van der Waals surface area contributed by atoms with Crippen LogP contribution in [-0.2, 0) is 0 Å². The molecule has 0 fully saturated rings. The predicted molar refractivity (Wildman–Crippen MR) is 49.5 cm³/mol. The molecule has 0 rings (SSSR count). The number of rotatable bonds is 4. The maximum Gasteiger partial charge on any atom is 0.0594 e. The first-order chi connectivity index (χ1) is 4.87. The Morgan fingerprint density at radius 2 is 1.64 bits per heavy atom. The highest BCUT2D eigenvalue weighted by atomic mass is 16.3. The fourth-order valence-electron chi connectivity index (χ4n) is 1.39. The Morgan fingerprint density at radius 1 is 1.18 bits per heavy atom. The van der Waals surface area contributed by atoms with E-state index >= 15 is 0 Å². The van der Waals surface area contributed by atoms with Crippen molar-refractivity contribution in [3.05, 3.63) is 0 Å². The number of hydrogen-bond donors (Lipinski definition) is 1. The Kier molecular flexibility index (Phi) is 4.09. The summed E-state index contributed by atoms with van der Waals surface area (Å²) in [6.45, 7) is 10.4. The third-order valence-corrected chi connectivity index (χ3v) is 2.44. The van der Waals surface area contributed by atoms with Gasteiger partial charge in [-0.2, -0.15) is 0 Å². The third kappa shape index (κ3) is 5.25.